The fraction of sp³-hybridized carbons (Fsp3) is 0.273. The number of carboxylic acid groups (broad SMARTS) is 1. The second-order valence-corrected chi connectivity index (χ2v) is 7.43. The van der Waals surface area contributed by atoms with Gasteiger partial charge < -0.3 is 21.1 Å². The molecule has 1 aromatic carbocycles. The van der Waals surface area contributed by atoms with Gasteiger partial charge in [0.25, 0.3) is 0 Å². The Morgan fingerprint density at radius 3 is 2.62 bits per heavy atom. The van der Waals surface area contributed by atoms with Crippen molar-refractivity contribution in [1.29, 1.82) is 5.26 Å². The molecule has 0 radical (unpaired) electrons. The summed E-state index contributed by atoms with van der Waals surface area (Å²) >= 11 is 0. The Labute approximate surface area is 184 Å². The van der Waals surface area contributed by atoms with E-state index >= 15 is 0 Å². The Morgan fingerprint density at radius 1 is 1.09 bits per heavy atom. The van der Waals surface area contributed by atoms with Crippen LogP contribution in [-0.4, -0.2) is 43.2 Å². The SMILES string of the molecule is N#Cc1ncc(NC2CCCCC2NC(=O)O)nc1Nc1cccc(-c2ncccn2)c1. The second kappa shape index (κ2) is 9.70. The molecule has 1 aliphatic carbocycles. The molecule has 10 nitrogen and oxygen atoms in total. The minimum Gasteiger partial charge on any atom is -0.465 e. The maximum Gasteiger partial charge on any atom is 0.404 e. The molecule has 4 rings (SSSR count). The third-order valence-electron chi connectivity index (χ3n) is 5.24. The predicted molar refractivity (Wildman–Crippen MR) is 118 cm³/mol. The maximum atomic E-state index is 11.1. The Balaban J connectivity index is 1.55. The molecule has 10 heteroatoms. The molecule has 0 aliphatic heterocycles. The van der Waals surface area contributed by atoms with Crippen molar-refractivity contribution < 1.29 is 9.90 Å². The first-order valence-electron chi connectivity index (χ1n) is 10.3. The monoisotopic (exact) mass is 430 g/mol. The van der Waals surface area contributed by atoms with Crippen LogP contribution in [0, 0.1) is 11.3 Å². The van der Waals surface area contributed by atoms with E-state index in [4.69, 9.17) is 5.11 Å². The minimum absolute atomic E-state index is 0.103. The van der Waals surface area contributed by atoms with Crippen molar-refractivity contribution in [2.45, 2.75) is 37.8 Å². The lowest BCUT2D eigenvalue weighted by Gasteiger charge is -2.32. The molecule has 0 spiro atoms. The van der Waals surface area contributed by atoms with E-state index < -0.39 is 6.09 Å². The number of rotatable bonds is 6. The number of benzene rings is 1. The summed E-state index contributed by atoms with van der Waals surface area (Å²) < 4.78 is 0. The highest BCUT2D eigenvalue weighted by molar-refractivity contribution is 5.68. The molecular formula is C22H22N8O2. The van der Waals surface area contributed by atoms with Gasteiger partial charge in [-0.15, -0.1) is 0 Å². The van der Waals surface area contributed by atoms with Gasteiger partial charge in [-0.05, 0) is 31.0 Å². The lowest BCUT2D eigenvalue weighted by Crippen LogP contribution is -2.48. The lowest BCUT2D eigenvalue weighted by molar-refractivity contribution is 0.184. The van der Waals surface area contributed by atoms with E-state index in [9.17, 15) is 10.1 Å². The Bertz CT molecular complexity index is 1130. The molecule has 2 atom stereocenters. The first kappa shape index (κ1) is 21.0. The van der Waals surface area contributed by atoms with Crippen LogP contribution in [0.25, 0.3) is 11.4 Å². The van der Waals surface area contributed by atoms with E-state index in [0.717, 1.165) is 31.2 Å². The molecule has 0 bridgehead atoms. The van der Waals surface area contributed by atoms with E-state index in [1.807, 2.05) is 30.3 Å². The molecule has 1 saturated carbocycles. The van der Waals surface area contributed by atoms with Crippen molar-refractivity contribution in [2.24, 2.45) is 0 Å². The van der Waals surface area contributed by atoms with Crippen LogP contribution in [0.2, 0.25) is 0 Å². The molecule has 162 valence electrons. The molecule has 1 aliphatic rings. The number of nitriles is 1. The molecule has 2 aromatic heterocycles. The summed E-state index contributed by atoms with van der Waals surface area (Å²) in [7, 11) is 0. The van der Waals surface area contributed by atoms with E-state index in [-0.39, 0.29) is 17.8 Å². The minimum atomic E-state index is -1.04. The van der Waals surface area contributed by atoms with Gasteiger partial charge >= 0.3 is 6.09 Å². The van der Waals surface area contributed by atoms with Crippen LogP contribution in [0.3, 0.4) is 0 Å². The van der Waals surface area contributed by atoms with E-state index in [1.54, 1.807) is 18.5 Å². The van der Waals surface area contributed by atoms with Crippen LogP contribution >= 0.6 is 0 Å². The standard InChI is InChI=1S/C22H22N8O2/c23-12-18-21(27-15-6-3-5-14(11-15)20-24-9-4-10-25-20)30-19(13-26-18)28-16-7-1-2-8-17(16)29-22(31)32/h3-6,9-11,13,16-17,29H,1-2,7-8H2,(H,31,32)(H2,27,28,30). The third-order valence-corrected chi connectivity index (χ3v) is 5.24. The van der Waals surface area contributed by atoms with E-state index in [2.05, 4.69) is 35.9 Å². The first-order valence-corrected chi connectivity index (χ1v) is 10.3. The summed E-state index contributed by atoms with van der Waals surface area (Å²) in [5.41, 5.74) is 1.68. The van der Waals surface area contributed by atoms with Gasteiger partial charge in [-0.25, -0.2) is 24.7 Å². The quantitative estimate of drug-likeness (QED) is 0.460. The number of amides is 1. The Morgan fingerprint density at radius 2 is 1.88 bits per heavy atom. The number of carbonyl (C=O) groups is 1. The fourth-order valence-corrected chi connectivity index (χ4v) is 3.77. The summed E-state index contributed by atoms with van der Waals surface area (Å²) in [6, 6.07) is 11.0. The summed E-state index contributed by atoms with van der Waals surface area (Å²) in [6.07, 6.45) is 7.34. The lowest BCUT2D eigenvalue weighted by atomic mass is 9.90. The number of anilines is 3. The van der Waals surface area contributed by atoms with Crippen LogP contribution in [-0.2, 0) is 0 Å². The van der Waals surface area contributed by atoms with Gasteiger partial charge in [-0.1, -0.05) is 25.0 Å². The van der Waals surface area contributed by atoms with Gasteiger partial charge in [-0.3, -0.25) is 0 Å². The zero-order valence-electron chi connectivity index (χ0n) is 17.2. The molecule has 2 unspecified atom stereocenters. The van der Waals surface area contributed by atoms with Gasteiger partial charge in [0.05, 0.1) is 12.2 Å². The van der Waals surface area contributed by atoms with Crippen LogP contribution in [0.1, 0.15) is 31.4 Å². The van der Waals surface area contributed by atoms with Gasteiger partial charge in [0.15, 0.2) is 17.3 Å². The summed E-state index contributed by atoms with van der Waals surface area (Å²) in [4.78, 5) is 28.4. The van der Waals surface area contributed by atoms with Crippen LogP contribution in [0.5, 0.6) is 0 Å². The van der Waals surface area contributed by atoms with Gasteiger partial charge in [-0.2, -0.15) is 5.26 Å². The molecule has 32 heavy (non-hydrogen) atoms. The zero-order valence-corrected chi connectivity index (χ0v) is 17.2. The van der Waals surface area contributed by atoms with Gasteiger partial charge in [0, 0.05) is 29.7 Å². The number of nitrogens with one attached hydrogen (secondary N) is 3. The van der Waals surface area contributed by atoms with Crippen molar-refractivity contribution in [3.63, 3.8) is 0 Å². The molecule has 2 heterocycles. The van der Waals surface area contributed by atoms with E-state index in [1.165, 1.54) is 6.20 Å². The van der Waals surface area contributed by atoms with Gasteiger partial charge in [0.2, 0.25) is 0 Å². The molecule has 4 N–H and O–H groups in total. The molecule has 0 saturated heterocycles. The zero-order chi connectivity index (χ0) is 22.3. The van der Waals surface area contributed by atoms with Crippen LogP contribution < -0.4 is 16.0 Å². The normalized spacial score (nSPS) is 17.7. The van der Waals surface area contributed by atoms with Crippen LogP contribution in [0.15, 0.2) is 48.9 Å². The second-order valence-electron chi connectivity index (χ2n) is 7.43. The predicted octanol–water partition coefficient (Wildman–Crippen LogP) is 3.54. The summed E-state index contributed by atoms with van der Waals surface area (Å²) in [5, 5.41) is 27.6. The van der Waals surface area contributed by atoms with Crippen LogP contribution in [0.4, 0.5) is 22.1 Å². The largest absolute Gasteiger partial charge is 0.465 e. The summed E-state index contributed by atoms with van der Waals surface area (Å²) in [6.45, 7) is 0. The highest BCUT2D eigenvalue weighted by Crippen LogP contribution is 2.25. The third kappa shape index (κ3) is 5.07. The van der Waals surface area contributed by atoms with E-state index in [0.29, 0.717) is 23.1 Å². The smallest absolute Gasteiger partial charge is 0.404 e. The van der Waals surface area contributed by atoms with Crippen molar-refractivity contribution in [1.82, 2.24) is 25.3 Å². The number of hydrogen-bond donors (Lipinski definition) is 4. The Kier molecular flexibility index (Phi) is 6.36. The van der Waals surface area contributed by atoms with Crippen molar-refractivity contribution in [3.05, 3.63) is 54.6 Å². The molecule has 1 amide bonds. The number of hydrogen-bond acceptors (Lipinski definition) is 8. The number of aromatic nitrogens is 4. The van der Waals surface area contributed by atoms with Crippen molar-refractivity contribution >= 4 is 23.4 Å². The summed E-state index contributed by atoms with van der Waals surface area (Å²) in [5.74, 6) is 1.37. The topological polar surface area (TPSA) is 149 Å². The van der Waals surface area contributed by atoms with Gasteiger partial charge in [0.1, 0.15) is 11.9 Å². The average molecular weight is 430 g/mol. The number of nitrogens with zero attached hydrogens (tertiary/aromatic N) is 5. The van der Waals surface area contributed by atoms with Crippen molar-refractivity contribution in [3.8, 4) is 17.5 Å². The first-order chi connectivity index (χ1) is 15.6. The highest BCUT2D eigenvalue weighted by Gasteiger charge is 2.27. The Hall–Kier alpha value is -4.26. The highest BCUT2D eigenvalue weighted by atomic mass is 16.4. The molecule has 3 aromatic rings. The molecular weight excluding hydrogens is 408 g/mol. The van der Waals surface area contributed by atoms with Crippen molar-refractivity contribution in [2.75, 3.05) is 10.6 Å². The maximum absolute atomic E-state index is 11.1. The average Bonchev–Trinajstić information content (AvgIpc) is 2.81. The molecule has 1 fully saturated rings. The fourth-order valence-electron chi connectivity index (χ4n) is 3.77.